The Labute approximate surface area is 164 Å². The highest BCUT2D eigenvalue weighted by Gasteiger charge is 2.27. The second kappa shape index (κ2) is 8.87. The summed E-state index contributed by atoms with van der Waals surface area (Å²) in [4.78, 5) is 19.2. The van der Waals surface area contributed by atoms with Crippen LogP contribution >= 0.6 is 11.3 Å². The number of piperidine rings is 1. The molecule has 0 spiro atoms. The van der Waals surface area contributed by atoms with Gasteiger partial charge in [0.05, 0.1) is 0 Å². The molecule has 1 aliphatic carbocycles. The topological polar surface area (TPSA) is 71.3 Å². The van der Waals surface area contributed by atoms with Crippen LogP contribution < -0.4 is 5.32 Å². The molecular weight excluding hydrogens is 360 g/mol. The molecule has 0 bridgehead atoms. The lowest BCUT2D eigenvalue weighted by Gasteiger charge is -2.33. The van der Waals surface area contributed by atoms with Crippen LogP contribution in [0, 0.1) is 5.92 Å². The minimum absolute atomic E-state index is 0.107. The first-order valence-corrected chi connectivity index (χ1v) is 11.1. The molecule has 1 unspecified atom stereocenters. The van der Waals surface area contributed by atoms with E-state index in [1.807, 2.05) is 21.7 Å². The molecule has 2 aromatic rings. The van der Waals surface area contributed by atoms with E-state index in [1.54, 1.807) is 11.3 Å². The van der Waals surface area contributed by atoms with E-state index in [2.05, 4.69) is 15.5 Å². The number of nitrogens with zero attached hydrogens (tertiary/aromatic N) is 3. The average Bonchev–Trinajstić information content (AvgIpc) is 3.30. The maximum absolute atomic E-state index is 12.7. The molecule has 2 aliphatic rings. The standard InChI is InChI=1S/C20H28N4O2S/c25-20(21-17-7-3-1-2-4-8-17)24-10-5-6-15(13-24)12-18-22-19(23-26-18)16-9-11-27-14-16/h9,11,14-15,17H,1-8,10,12-13H2,(H,21,25). The predicted molar refractivity (Wildman–Crippen MR) is 106 cm³/mol. The summed E-state index contributed by atoms with van der Waals surface area (Å²) in [6.45, 7) is 1.62. The smallest absolute Gasteiger partial charge is 0.317 e. The van der Waals surface area contributed by atoms with Crippen molar-refractivity contribution in [3.05, 3.63) is 22.7 Å². The zero-order chi connectivity index (χ0) is 18.5. The van der Waals surface area contributed by atoms with Gasteiger partial charge < -0.3 is 14.7 Å². The van der Waals surface area contributed by atoms with Crippen molar-refractivity contribution in [3.8, 4) is 11.4 Å². The van der Waals surface area contributed by atoms with Gasteiger partial charge in [0.25, 0.3) is 0 Å². The number of urea groups is 1. The number of hydrogen-bond donors (Lipinski definition) is 1. The molecule has 1 atom stereocenters. The predicted octanol–water partition coefficient (Wildman–Crippen LogP) is 4.49. The number of nitrogens with one attached hydrogen (secondary N) is 1. The van der Waals surface area contributed by atoms with E-state index < -0.39 is 0 Å². The van der Waals surface area contributed by atoms with E-state index >= 15 is 0 Å². The fourth-order valence-corrected chi connectivity index (χ4v) is 4.83. The molecule has 2 fully saturated rings. The third kappa shape index (κ3) is 4.89. The zero-order valence-corrected chi connectivity index (χ0v) is 16.5. The Morgan fingerprint density at radius 1 is 1.22 bits per heavy atom. The Kier molecular flexibility index (Phi) is 6.07. The van der Waals surface area contributed by atoms with Gasteiger partial charge in [-0.1, -0.05) is 30.8 Å². The van der Waals surface area contributed by atoms with Gasteiger partial charge in [0, 0.05) is 36.5 Å². The number of thiophene rings is 1. The molecule has 27 heavy (non-hydrogen) atoms. The molecule has 6 nitrogen and oxygen atoms in total. The van der Waals surface area contributed by atoms with Gasteiger partial charge in [0.15, 0.2) is 0 Å². The first-order chi connectivity index (χ1) is 13.3. The van der Waals surface area contributed by atoms with Crippen LogP contribution in [0.15, 0.2) is 21.3 Å². The molecular formula is C20H28N4O2S. The SMILES string of the molecule is O=C(NC1CCCCCC1)N1CCCC(Cc2nc(-c3ccsc3)no2)C1. The molecule has 3 heterocycles. The van der Waals surface area contributed by atoms with Gasteiger partial charge in [0.1, 0.15) is 0 Å². The molecule has 1 saturated carbocycles. The molecule has 1 N–H and O–H groups in total. The highest BCUT2D eigenvalue weighted by Crippen LogP contribution is 2.24. The van der Waals surface area contributed by atoms with Gasteiger partial charge in [-0.2, -0.15) is 16.3 Å². The second-order valence-electron chi connectivity index (χ2n) is 7.82. The first-order valence-electron chi connectivity index (χ1n) is 10.2. The van der Waals surface area contributed by atoms with E-state index in [0.29, 0.717) is 23.7 Å². The molecule has 2 aromatic heterocycles. The molecule has 0 radical (unpaired) electrons. The van der Waals surface area contributed by atoms with Crippen molar-refractivity contribution in [2.45, 2.75) is 63.8 Å². The largest absolute Gasteiger partial charge is 0.339 e. The van der Waals surface area contributed by atoms with Crippen molar-refractivity contribution in [1.82, 2.24) is 20.4 Å². The van der Waals surface area contributed by atoms with E-state index in [-0.39, 0.29) is 6.03 Å². The van der Waals surface area contributed by atoms with Crippen molar-refractivity contribution < 1.29 is 9.32 Å². The highest BCUT2D eigenvalue weighted by atomic mass is 32.1. The number of likely N-dealkylation sites (tertiary alicyclic amines) is 1. The summed E-state index contributed by atoms with van der Waals surface area (Å²) in [7, 11) is 0. The van der Waals surface area contributed by atoms with Crippen molar-refractivity contribution >= 4 is 17.4 Å². The third-order valence-corrected chi connectivity index (χ3v) is 6.38. The number of carbonyl (C=O) groups is 1. The normalized spacial score (nSPS) is 21.8. The monoisotopic (exact) mass is 388 g/mol. The second-order valence-corrected chi connectivity index (χ2v) is 8.60. The molecule has 4 rings (SSSR count). The van der Waals surface area contributed by atoms with Crippen molar-refractivity contribution in [3.63, 3.8) is 0 Å². The van der Waals surface area contributed by atoms with E-state index in [9.17, 15) is 4.79 Å². The van der Waals surface area contributed by atoms with Crippen LogP contribution in [-0.4, -0.2) is 40.2 Å². The summed E-state index contributed by atoms with van der Waals surface area (Å²) < 4.78 is 5.45. The van der Waals surface area contributed by atoms with Crippen LogP contribution in [0.25, 0.3) is 11.4 Å². The van der Waals surface area contributed by atoms with E-state index in [0.717, 1.165) is 50.8 Å². The van der Waals surface area contributed by atoms with Gasteiger partial charge >= 0.3 is 6.03 Å². The molecule has 2 amide bonds. The molecule has 0 aromatic carbocycles. The quantitative estimate of drug-likeness (QED) is 0.784. The average molecular weight is 389 g/mol. The summed E-state index contributed by atoms with van der Waals surface area (Å²) in [5, 5.41) is 11.4. The first kappa shape index (κ1) is 18.5. The van der Waals surface area contributed by atoms with Gasteiger partial charge in [-0.05, 0) is 43.0 Å². The lowest BCUT2D eigenvalue weighted by molar-refractivity contribution is 0.157. The molecule has 7 heteroatoms. The Morgan fingerprint density at radius 3 is 2.85 bits per heavy atom. The molecule has 1 aliphatic heterocycles. The van der Waals surface area contributed by atoms with Crippen LogP contribution in [-0.2, 0) is 6.42 Å². The van der Waals surface area contributed by atoms with Crippen molar-refractivity contribution in [2.24, 2.45) is 5.92 Å². The number of hydrogen-bond acceptors (Lipinski definition) is 5. The Hall–Kier alpha value is -1.89. The summed E-state index contributed by atoms with van der Waals surface area (Å²) in [6.07, 6.45) is 10.2. The number of rotatable bonds is 4. The fourth-order valence-electron chi connectivity index (χ4n) is 4.20. The summed E-state index contributed by atoms with van der Waals surface area (Å²) >= 11 is 1.63. The zero-order valence-electron chi connectivity index (χ0n) is 15.7. The van der Waals surface area contributed by atoms with Crippen LogP contribution in [0.5, 0.6) is 0 Å². The highest BCUT2D eigenvalue weighted by molar-refractivity contribution is 7.08. The van der Waals surface area contributed by atoms with Crippen LogP contribution in [0.3, 0.4) is 0 Å². The number of amides is 2. The maximum Gasteiger partial charge on any atom is 0.317 e. The van der Waals surface area contributed by atoms with Gasteiger partial charge in [-0.15, -0.1) is 0 Å². The van der Waals surface area contributed by atoms with E-state index in [4.69, 9.17) is 4.52 Å². The Morgan fingerprint density at radius 2 is 2.07 bits per heavy atom. The minimum atomic E-state index is 0.107. The molecule has 1 saturated heterocycles. The van der Waals surface area contributed by atoms with Crippen LogP contribution in [0.1, 0.15) is 57.3 Å². The maximum atomic E-state index is 12.7. The Balaban J connectivity index is 1.30. The van der Waals surface area contributed by atoms with Crippen LogP contribution in [0.4, 0.5) is 4.79 Å². The molecule has 146 valence electrons. The third-order valence-electron chi connectivity index (χ3n) is 5.70. The van der Waals surface area contributed by atoms with E-state index in [1.165, 1.54) is 25.7 Å². The minimum Gasteiger partial charge on any atom is -0.339 e. The van der Waals surface area contributed by atoms with Gasteiger partial charge in [-0.3, -0.25) is 0 Å². The Bertz CT molecular complexity index is 722. The number of carbonyl (C=O) groups excluding carboxylic acids is 1. The lowest BCUT2D eigenvalue weighted by Crippen LogP contribution is -2.48. The van der Waals surface area contributed by atoms with Crippen LogP contribution in [0.2, 0.25) is 0 Å². The van der Waals surface area contributed by atoms with Gasteiger partial charge in [-0.25, -0.2) is 4.79 Å². The summed E-state index contributed by atoms with van der Waals surface area (Å²) in [5.74, 6) is 1.71. The van der Waals surface area contributed by atoms with Crippen molar-refractivity contribution in [1.29, 1.82) is 0 Å². The summed E-state index contributed by atoms with van der Waals surface area (Å²) in [6, 6.07) is 2.46. The summed E-state index contributed by atoms with van der Waals surface area (Å²) in [5.41, 5.74) is 1.00. The van der Waals surface area contributed by atoms with Crippen molar-refractivity contribution in [2.75, 3.05) is 13.1 Å². The number of aromatic nitrogens is 2. The fraction of sp³-hybridized carbons (Fsp3) is 0.650. The van der Waals surface area contributed by atoms with Gasteiger partial charge in [0.2, 0.25) is 11.7 Å². The lowest BCUT2D eigenvalue weighted by atomic mass is 9.95.